The maximum atomic E-state index is 12.6. The van der Waals surface area contributed by atoms with Crippen molar-refractivity contribution >= 4 is 5.91 Å². The zero-order valence-corrected chi connectivity index (χ0v) is 12.1. The van der Waals surface area contributed by atoms with E-state index in [0.29, 0.717) is 6.04 Å². The van der Waals surface area contributed by atoms with Crippen molar-refractivity contribution in [3.63, 3.8) is 0 Å². The highest BCUT2D eigenvalue weighted by molar-refractivity contribution is 5.86. The molecule has 1 fully saturated rings. The van der Waals surface area contributed by atoms with E-state index in [-0.39, 0.29) is 5.91 Å². The molecule has 1 aromatic rings. The second-order valence-corrected chi connectivity index (χ2v) is 5.86. The van der Waals surface area contributed by atoms with Gasteiger partial charge < -0.3 is 10.2 Å². The van der Waals surface area contributed by atoms with Crippen molar-refractivity contribution in [3.8, 4) is 0 Å². The zero-order chi connectivity index (χ0) is 13.9. The van der Waals surface area contributed by atoms with Crippen molar-refractivity contribution in [2.24, 2.45) is 0 Å². The van der Waals surface area contributed by atoms with Gasteiger partial charge in [-0.3, -0.25) is 4.79 Å². The molecule has 1 atom stereocenters. The number of likely N-dealkylation sites (tertiary alicyclic amines) is 1. The fourth-order valence-electron chi connectivity index (χ4n) is 2.67. The van der Waals surface area contributed by atoms with Gasteiger partial charge >= 0.3 is 0 Å². The molecule has 1 amide bonds. The number of hydrogen-bond acceptors (Lipinski definition) is 2. The molecule has 19 heavy (non-hydrogen) atoms. The molecule has 1 aromatic carbocycles. The molecule has 1 aliphatic rings. The summed E-state index contributed by atoms with van der Waals surface area (Å²) in [6.45, 7) is 4.79. The van der Waals surface area contributed by atoms with Crippen molar-refractivity contribution < 1.29 is 4.79 Å². The molecule has 0 saturated carbocycles. The number of hydrogen-bond donors (Lipinski definition) is 1. The van der Waals surface area contributed by atoms with Crippen LogP contribution in [0, 0.1) is 0 Å². The predicted molar refractivity (Wildman–Crippen MR) is 78.0 cm³/mol. The average Bonchev–Trinajstić information content (AvgIpc) is 2.87. The van der Waals surface area contributed by atoms with Gasteiger partial charge in [-0.25, -0.2) is 0 Å². The van der Waals surface area contributed by atoms with Gasteiger partial charge in [-0.2, -0.15) is 0 Å². The van der Waals surface area contributed by atoms with Crippen molar-refractivity contribution in [1.29, 1.82) is 0 Å². The Bertz CT molecular complexity index is 428. The van der Waals surface area contributed by atoms with Crippen LogP contribution in [0.15, 0.2) is 30.3 Å². The van der Waals surface area contributed by atoms with Crippen LogP contribution in [0.3, 0.4) is 0 Å². The third kappa shape index (κ3) is 3.16. The van der Waals surface area contributed by atoms with Gasteiger partial charge in [0.15, 0.2) is 0 Å². The summed E-state index contributed by atoms with van der Waals surface area (Å²) in [5.74, 6) is 0.216. The van der Waals surface area contributed by atoms with Crippen molar-refractivity contribution in [3.05, 3.63) is 35.9 Å². The van der Waals surface area contributed by atoms with E-state index in [1.54, 1.807) is 0 Å². The van der Waals surface area contributed by atoms with Crippen LogP contribution in [0.4, 0.5) is 0 Å². The summed E-state index contributed by atoms with van der Waals surface area (Å²) < 4.78 is 0. The molecule has 0 spiro atoms. The minimum absolute atomic E-state index is 0.216. The highest BCUT2D eigenvalue weighted by Crippen LogP contribution is 2.24. The van der Waals surface area contributed by atoms with Gasteiger partial charge in [-0.1, -0.05) is 30.3 Å². The van der Waals surface area contributed by atoms with E-state index in [1.807, 2.05) is 27.0 Å². The molecule has 3 nitrogen and oxygen atoms in total. The quantitative estimate of drug-likeness (QED) is 0.900. The van der Waals surface area contributed by atoms with E-state index in [9.17, 15) is 4.79 Å². The monoisotopic (exact) mass is 260 g/mol. The van der Waals surface area contributed by atoms with E-state index < -0.39 is 5.54 Å². The van der Waals surface area contributed by atoms with Gasteiger partial charge in [0, 0.05) is 12.6 Å². The Morgan fingerprint density at radius 2 is 2.05 bits per heavy atom. The molecule has 0 aliphatic carbocycles. The summed E-state index contributed by atoms with van der Waals surface area (Å²) >= 11 is 0. The lowest BCUT2D eigenvalue weighted by Gasteiger charge is -2.33. The van der Waals surface area contributed by atoms with Gasteiger partial charge in [0.05, 0.1) is 5.54 Å². The molecule has 1 saturated heterocycles. The Morgan fingerprint density at radius 1 is 1.37 bits per heavy atom. The highest BCUT2D eigenvalue weighted by Gasteiger charge is 2.36. The van der Waals surface area contributed by atoms with E-state index >= 15 is 0 Å². The maximum absolute atomic E-state index is 12.6. The lowest BCUT2D eigenvalue weighted by molar-refractivity contribution is -0.137. The first-order valence-electron chi connectivity index (χ1n) is 7.08. The molecule has 2 rings (SSSR count). The van der Waals surface area contributed by atoms with E-state index in [4.69, 9.17) is 0 Å². The first-order valence-corrected chi connectivity index (χ1v) is 7.08. The molecule has 0 aromatic heterocycles. The molecule has 3 heteroatoms. The number of carbonyl (C=O) groups is 1. The number of amides is 1. The molecule has 0 radical (unpaired) electrons. The fraction of sp³-hybridized carbons (Fsp3) is 0.562. The average molecular weight is 260 g/mol. The minimum Gasteiger partial charge on any atom is -0.338 e. The SMILES string of the molecule is CNC(C)(C)C(=O)N1CCCC1Cc1ccccc1. The summed E-state index contributed by atoms with van der Waals surface area (Å²) in [4.78, 5) is 14.6. The molecule has 1 unspecified atom stereocenters. The number of nitrogens with zero attached hydrogens (tertiary/aromatic N) is 1. The maximum Gasteiger partial charge on any atom is 0.242 e. The number of rotatable bonds is 4. The number of benzene rings is 1. The number of carbonyl (C=O) groups excluding carboxylic acids is 1. The molecule has 1 heterocycles. The second-order valence-electron chi connectivity index (χ2n) is 5.86. The van der Waals surface area contributed by atoms with Crippen LogP contribution in [-0.4, -0.2) is 36.0 Å². The normalized spacial score (nSPS) is 19.7. The van der Waals surface area contributed by atoms with Crippen molar-refractivity contribution in [2.45, 2.75) is 44.7 Å². The van der Waals surface area contributed by atoms with Gasteiger partial charge in [-0.15, -0.1) is 0 Å². The Kier molecular flexibility index (Phi) is 4.25. The summed E-state index contributed by atoms with van der Waals surface area (Å²) in [5.41, 5.74) is 0.841. The molecule has 1 N–H and O–H groups in total. The second kappa shape index (κ2) is 5.74. The number of nitrogens with one attached hydrogen (secondary N) is 1. The lowest BCUT2D eigenvalue weighted by atomic mass is 10.0. The van der Waals surface area contributed by atoms with E-state index in [0.717, 1.165) is 25.8 Å². The van der Waals surface area contributed by atoms with Gasteiger partial charge in [0.2, 0.25) is 5.91 Å². The smallest absolute Gasteiger partial charge is 0.242 e. The lowest BCUT2D eigenvalue weighted by Crippen LogP contribution is -2.54. The third-order valence-electron chi connectivity index (χ3n) is 4.11. The van der Waals surface area contributed by atoms with Crippen LogP contribution < -0.4 is 5.32 Å². The van der Waals surface area contributed by atoms with Crippen LogP contribution in [0.25, 0.3) is 0 Å². The Morgan fingerprint density at radius 3 is 2.68 bits per heavy atom. The topological polar surface area (TPSA) is 32.3 Å². The summed E-state index contributed by atoms with van der Waals surface area (Å²) in [7, 11) is 1.85. The Hall–Kier alpha value is -1.35. The van der Waals surface area contributed by atoms with Crippen LogP contribution >= 0.6 is 0 Å². The molecule has 104 valence electrons. The molecular weight excluding hydrogens is 236 g/mol. The first kappa shape index (κ1) is 14.1. The van der Waals surface area contributed by atoms with Gasteiger partial charge in [0.25, 0.3) is 0 Å². The minimum atomic E-state index is -0.473. The molecule has 1 aliphatic heterocycles. The number of likely N-dealkylation sites (N-methyl/N-ethyl adjacent to an activating group) is 1. The summed E-state index contributed by atoms with van der Waals surface area (Å²) in [5, 5.41) is 3.11. The Labute approximate surface area is 116 Å². The van der Waals surface area contributed by atoms with Gasteiger partial charge in [0.1, 0.15) is 0 Å². The summed E-state index contributed by atoms with van der Waals surface area (Å²) in [6, 6.07) is 10.8. The fourth-order valence-corrected chi connectivity index (χ4v) is 2.67. The molecule has 0 bridgehead atoms. The van der Waals surface area contributed by atoms with E-state index in [1.165, 1.54) is 5.56 Å². The summed E-state index contributed by atoms with van der Waals surface area (Å²) in [6.07, 6.45) is 3.19. The zero-order valence-electron chi connectivity index (χ0n) is 12.1. The predicted octanol–water partition coefficient (Wildman–Crippen LogP) is 2.22. The van der Waals surface area contributed by atoms with Crippen LogP contribution in [-0.2, 0) is 11.2 Å². The first-order chi connectivity index (χ1) is 9.04. The standard InChI is InChI=1S/C16H24N2O/c1-16(2,17-3)15(19)18-11-7-10-14(18)12-13-8-5-4-6-9-13/h4-6,8-9,14,17H,7,10-12H2,1-3H3. The third-order valence-corrected chi connectivity index (χ3v) is 4.11. The Balaban J connectivity index is 2.07. The van der Waals surface area contributed by atoms with E-state index in [2.05, 4.69) is 34.5 Å². The van der Waals surface area contributed by atoms with Crippen LogP contribution in [0.1, 0.15) is 32.3 Å². The van der Waals surface area contributed by atoms with Crippen LogP contribution in [0.5, 0.6) is 0 Å². The van der Waals surface area contributed by atoms with Crippen molar-refractivity contribution in [2.75, 3.05) is 13.6 Å². The largest absolute Gasteiger partial charge is 0.338 e. The van der Waals surface area contributed by atoms with Crippen LogP contribution in [0.2, 0.25) is 0 Å². The highest BCUT2D eigenvalue weighted by atomic mass is 16.2. The van der Waals surface area contributed by atoms with Crippen molar-refractivity contribution in [1.82, 2.24) is 10.2 Å². The molecular formula is C16H24N2O. The van der Waals surface area contributed by atoms with Gasteiger partial charge in [-0.05, 0) is 45.7 Å².